The Bertz CT molecular complexity index is 794. The van der Waals surface area contributed by atoms with E-state index in [-0.39, 0.29) is 0 Å². The van der Waals surface area contributed by atoms with Gasteiger partial charge >= 0.3 is 6.03 Å². The number of para-hydroxylation sites is 2. The highest BCUT2D eigenvalue weighted by Gasteiger charge is 2.21. The van der Waals surface area contributed by atoms with Gasteiger partial charge in [-0.1, -0.05) is 36.4 Å². The molecule has 1 atom stereocenters. The summed E-state index contributed by atoms with van der Waals surface area (Å²) in [5.74, 6) is 0. The topological polar surface area (TPSA) is 79.7 Å². The lowest BCUT2D eigenvalue weighted by Crippen LogP contribution is -2.34. The number of fused-ring (bicyclic) bond motifs is 3. The largest absolute Gasteiger partial charge is 0.456 e. The number of amides is 2. The first-order chi connectivity index (χ1) is 9.59. The molecular weight excluding hydrogens is 256 g/mol. The van der Waals surface area contributed by atoms with Crippen LogP contribution in [0.15, 0.2) is 46.9 Å². The van der Waals surface area contributed by atoms with Crippen LogP contribution in [0.25, 0.3) is 21.9 Å². The van der Waals surface area contributed by atoms with Gasteiger partial charge in [0.2, 0.25) is 0 Å². The molecule has 2 amide bonds. The zero-order valence-electron chi connectivity index (χ0n) is 10.9. The number of nitrogens with two attached hydrogens (primary N) is 1. The van der Waals surface area contributed by atoms with Crippen LogP contribution in [0.2, 0.25) is 0 Å². The molecule has 0 aliphatic heterocycles. The molecule has 5 nitrogen and oxygen atoms in total. The summed E-state index contributed by atoms with van der Waals surface area (Å²) in [6.45, 7) is 1.69. The van der Waals surface area contributed by atoms with Gasteiger partial charge in [0.25, 0.3) is 0 Å². The molecule has 102 valence electrons. The Morgan fingerprint density at radius 1 is 1.20 bits per heavy atom. The van der Waals surface area contributed by atoms with Gasteiger partial charge in [0.1, 0.15) is 11.2 Å². The lowest BCUT2D eigenvalue weighted by molar-refractivity contribution is -0.0707. The molecule has 3 rings (SSSR count). The van der Waals surface area contributed by atoms with Crippen molar-refractivity contribution in [1.82, 2.24) is 5.06 Å². The number of benzene rings is 2. The van der Waals surface area contributed by atoms with Gasteiger partial charge in [-0.3, -0.25) is 5.21 Å². The molecule has 0 radical (unpaired) electrons. The quantitative estimate of drug-likeness (QED) is 0.553. The highest BCUT2D eigenvalue weighted by atomic mass is 16.5. The summed E-state index contributed by atoms with van der Waals surface area (Å²) >= 11 is 0. The number of urea groups is 1. The van der Waals surface area contributed by atoms with Crippen molar-refractivity contribution in [3.63, 3.8) is 0 Å². The molecule has 0 bridgehead atoms. The van der Waals surface area contributed by atoms with Crippen LogP contribution in [0, 0.1) is 0 Å². The molecule has 1 aromatic heterocycles. The van der Waals surface area contributed by atoms with Crippen molar-refractivity contribution in [3.8, 4) is 0 Å². The fraction of sp³-hybridized carbons (Fsp3) is 0.133. The van der Waals surface area contributed by atoms with Crippen LogP contribution in [0.1, 0.15) is 18.5 Å². The summed E-state index contributed by atoms with van der Waals surface area (Å²) in [5.41, 5.74) is 7.23. The van der Waals surface area contributed by atoms with E-state index in [0.29, 0.717) is 16.2 Å². The van der Waals surface area contributed by atoms with Crippen LogP contribution in [0.4, 0.5) is 4.79 Å². The van der Waals surface area contributed by atoms with Gasteiger partial charge in [-0.15, -0.1) is 0 Å². The monoisotopic (exact) mass is 270 g/mol. The van der Waals surface area contributed by atoms with Crippen molar-refractivity contribution in [2.24, 2.45) is 5.73 Å². The molecule has 1 unspecified atom stereocenters. The SMILES string of the molecule is CC(c1cccc2c1oc1ccccc12)N(O)C(N)=O. The molecule has 0 spiro atoms. The van der Waals surface area contributed by atoms with Crippen LogP contribution in [0.5, 0.6) is 0 Å². The van der Waals surface area contributed by atoms with E-state index < -0.39 is 12.1 Å². The smallest absolute Gasteiger partial charge is 0.339 e. The summed E-state index contributed by atoms with van der Waals surface area (Å²) < 4.78 is 5.84. The minimum Gasteiger partial charge on any atom is -0.456 e. The third-order valence-corrected chi connectivity index (χ3v) is 3.48. The molecule has 1 heterocycles. The van der Waals surface area contributed by atoms with Crippen molar-refractivity contribution in [2.45, 2.75) is 13.0 Å². The van der Waals surface area contributed by atoms with Crippen LogP contribution in [-0.2, 0) is 0 Å². The minimum atomic E-state index is -0.898. The Morgan fingerprint density at radius 3 is 2.65 bits per heavy atom. The summed E-state index contributed by atoms with van der Waals surface area (Å²) in [4.78, 5) is 11.1. The van der Waals surface area contributed by atoms with Crippen LogP contribution in [-0.4, -0.2) is 16.3 Å². The van der Waals surface area contributed by atoms with Gasteiger partial charge in [0.05, 0.1) is 6.04 Å². The normalized spacial score (nSPS) is 12.7. The number of nitrogens with zero attached hydrogens (tertiary/aromatic N) is 1. The van der Waals surface area contributed by atoms with Crippen molar-refractivity contribution < 1.29 is 14.4 Å². The predicted octanol–water partition coefficient (Wildman–Crippen LogP) is 3.42. The zero-order chi connectivity index (χ0) is 14.3. The van der Waals surface area contributed by atoms with Gasteiger partial charge in [-0.25, -0.2) is 4.79 Å². The van der Waals surface area contributed by atoms with E-state index in [2.05, 4.69) is 0 Å². The van der Waals surface area contributed by atoms with E-state index in [0.717, 1.165) is 16.4 Å². The molecular formula is C15H14N2O3. The van der Waals surface area contributed by atoms with E-state index >= 15 is 0 Å². The number of carbonyl (C=O) groups is 1. The van der Waals surface area contributed by atoms with Crippen molar-refractivity contribution in [3.05, 3.63) is 48.0 Å². The maximum atomic E-state index is 11.1. The van der Waals surface area contributed by atoms with E-state index in [1.165, 1.54) is 0 Å². The Balaban J connectivity index is 2.24. The average Bonchev–Trinajstić information content (AvgIpc) is 2.84. The molecule has 0 aliphatic rings. The van der Waals surface area contributed by atoms with Gasteiger partial charge in [-0.2, -0.15) is 5.06 Å². The number of hydroxylamine groups is 2. The second kappa shape index (κ2) is 4.54. The molecule has 20 heavy (non-hydrogen) atoms. The number of primary amides is 1. The number of hydrogen-bond acceptors (Lipinski definition) is 3. The molecule has 3 aromatic rings. The zero-order valence-corrected chi connectivity index (χ0v) is 10.9. The molecule has 2 aromatic carbocycles. The first kappa shape index (κ1) is 12.5. The van der Waals surface area contributed by atoms with E-state index in [1.807, 2.05) is 42.5 Å². The molecule has 3 N–H and O–H groups in total. The lowest BCUT2D eigenvalue weighted by Gasteiger charge is -2.20. The maximum absolute atomic E-state index is 11.1. The highest BCUT2D eigenvalue weighted by molar-refractivity contribution is 6.05. The van der Waals surface area contributed by atoms with Gasteiger partial charge in [0.15, 0.2) is 0 Å². The predicted molar refractivity (Wildman–Crippen MR) is 75.3 cm³/mol. The Hall–Kier alpha value is -2.53. The van der Waals surface area contributed by atoms with E-state index in [9.17, 15) is 10.0 Å². The van der Waals surface area contributed by atoms with Gasteiger partial charge in [0, 0.05) is 16.3 Å². The number of furan rings is 1. The molecule has 0 saturated carbocycles. The number of carbonyl (C=O) groups excluding carboxylic acids is 1. The van der Waals surface area contributed by atoms with Crippen molar-refractivity contribution in [1.29, 1.82) is 0 Å². The Kier molecular flexibility index (Phi) is 2.84. The van der Waals surface area contributed by atoms with Crippen LogP contribution < -0.4 is 5.73 Å². The van der Waals surface area contributed by atoms with E-state index in [4.69, 9.17) is 10.2 Å². The lowest BCUT2D eigenvalue weighted by atomic mass is 10.0. The highest BCUT2D eigenvalue weighted by Crippen LogP contribution is 2.34. The summed E-state index contributed by atoms with van der Waals surface area (Å²) in [6.07, 6.45) is 0. The molecule has 5 heteroatoms. The summed E-state index contributed by atoms with van der Waals surface area (Å²) in [7, 11) is 0. The van der Waals surface area contributed by atoms with Crippen LogP contribution >= 0.6 is 0 Å². The second-order valence-corrected chi connectivity index (χ2v) is 4.68. The first-order valence-corrected chi connectivity index (χ1v) is 6.27. The summed E-state index contributed by atoms with van der Waals surface area (Å²) in [5, 5.41) is 12.1. The van der Waals surface area contributed by atoms with Crippen molar-refractivity contribution >= 4 is 28.0 Å². The van der Waals surface area contributed by atoms with Crippen LogP contribution in [0.3, 0.4) is 0 Å². The third kappa shape index (κ3) is 1.80. The van der Waals surface area contributed by atoms with Gasteiger partial charge in [-0.05, 0) is 13.0 Å². The fourth-order valence-corrected chi connectivity index (χ4v) is 2.42. The standard InChI is InChI=1S/C15H14N2O3/c1-9(17(19)15(16)18)10-6-4-7-12-11-5-2-3-8-13(11)20-14(10)12/h2-9,19H,1H3,(H2,16,18). The Morgan fingerprint density at radius 2 is 1.90 bits per heavy atom. The average molecular weight is 270 g/mol. The summed E-state index contributed by atoms with van der Waals surface area (Å²) in [6, 6.07) is 11.8. The Labute approximate surface area is 115 Å². The fourth-order valence-electron chi connectivity index (χ4n) is 2.42. The number of hydrogen-bond donors (Lipinski definition) is 2. The first-order valence-electron chi connectivity index (χ1n) is 6.27. The van der Waals surface area contributed by atoms with E-state index in [1.54, 1.807) is 6.92 Å². The molecule has 0 aliphatic carbocycles. The minimum absolute atomic E-state index is 0.502. The second-order valence-electron chi connectivity index (χ2n) is 4.68. The molecule has 0 fully saturated rings. The number of rotatable bonds is 2. The van der Waals surface area contributed by atoms with Crippen molar-refractivity contribution in [2.75, 3.05) is 0 Å². The maximum Gasteiger partial charge on any atom is 0.339 e. The molecule has 0 saturated heterocycles. The third-order valence-electron chi connectivity index (χ3n) is 3.48. The van der Waals surface area contributed by atoms with Gasteiger partial charge < -0.3 is 10.2 Å².